The second kappa shape index (κ2) is 4.78. The number of aromatic nitrogens is 2. The van der Waals surface area contributed by atoms with Crippen LogP contribution in [0.1, 0.15) is 25.7 Å². The van der Waals surface area contributed by atoms with Crippen molar-refractivity contribution in [3.05, 3.63) is 21.7 Å². The third kappa shape index (κ3) is 2.17. The van der Waals surface area contributed by atoms with Crippen LogP contribution in [-0.4, -0.2) is 31.6 Å². The quantitative estimate of drug-likeness (QED) is 0.663. The average molecular weight is 282 g/mol. The van der Waals surface area contributed by atoms with Crippen molar-refractivity contribution in [3.8, 4) is 0 Å². The average Bonchev–Trinajstić information content (AvgIpc) is 2.91. The second-order valence-corrected chi connectivity index (χ2v) is 5.57. The van der Waals surface area contributed by atoms with Gasteiger partial charge in [0.2, 0.25) is 5.82 Å². The van der Waals surface area contributed by atoms with E-state index in [-0.39, 0.29) is 17.7 Å². The van der Waals surface area contributed by atoms with Crippen LogP contribution in [0.3, 0.4) is 0 Å². The molecule has 8 heteroatoms. The first kappa shape index (κ1) is 12.4. The molecule has 102 valence electrons. The van der Waals surface area contributed by atoms with E-state index in [9.17, 15) is 15.2 Å². The van der Waals surface area contributed by atoms with Crippen molar-refractivity contribution in [2.75, 3.05) is 5.32 Å². The number of aliphatic hydroxyl groups is 1. The van der Waals surface area contributed by atoms with Gasteiger partial charge in [-0.1, -0.05) is 24.2 Å². The fourth-order valence-corrected chi connectivity index (χ4v) is 3.21. The molecule has 0 bridgehead atoms. The van der Waals surface area contributed by atoms with Gasteiger partial charge in [-0.05, 0) is 17.8 Å². The minimum atomic E-state index is -0.465. The lowest BCUT2D eigenvalue weighted by molar-refractivity contribution is -0.389. The Morgan fingerprint density at radius 2 is 2.32 bits per heavy atom. The topological polar surface area (TPSA) is 92.7 Å². The highest BCUT2D eigenvalue weighted by Crippen LogP contribution is 2.30. The third-order valence-corrected chi connectivity index (χ3v) is 4.22. The Bertz CT molecular complexity index is 608. The molecule has 3 rings (SSSR count). The Morgan fingerprint density at radius 3 is 3.05 bits per heavy atom. The SMILES string of the molecule is O=[N+]([O-])c1c(N[C@@H]2CCCC[C@H]2O)nc2sccn12. The lowest BCUT2D eigenvalue weighted by Crippen LogP contribution is -2.36. The summed E-state index contributed by atoms with van der Waals surface area (Å²) in [4.78, 5) is 15.5. The number of aliphatic hydroxyl groups excluding tert-OH is 1. The molecular formula is C11H14N4O3S. The molecule has 19 heavy (non-hydrogen) atoms. The maximum Gasteiger partial charge on any atom is 0.372 e. The van der Waals surface area contributed by atoms with Crippen LogP contribution in [0.2, 0.25) is 0 Å². The van der Waals surface area contributed by atoms with Crippen LogP contribution in [0.4, 0.5) is 11.6 Å². The number of fused-ring (bicyclic) bond motifs is 1. The molecule has 2 aromatic rings. The van der Waals surface area contributed by atoms with Gasteiger partial charge in [0, 0.05) is 5.38 Å². The van der Waals surface area contributed by atoms with Crippen molar-refractivity contribution >= 4 is 27.9 Å². The Labute approximate surface area is 113 Å². The van der Waals surface area contributed by atoms with E-state index in [4.69, 9.17) is 0 Å². The van der Waals surface area contributed by atoms with Crippen LogP contribution >= 0.6 is 11.3 Å². The van der Waals surface area contributed by atoms with E-state index >= 15 is 0 Å². The van der Waals surface area contributed by atoms with E-state index in [1.54, 1.807) is 11.6 Å². The van der Waals surface area contributed by atoms with E-state index in [1.165, 1.54) is 15.7 Å². The molecule has 0 spiro atoms. The second-order valence-electron chi connectivity index (χ2n) is 4.70. The number of nitro groups is 1. The number of thiazole rings is 1. The van der Waals surface area contributed by atoms with Crippen molar-refractivity contribution in [1.29, 1.82) is 0 Å². The van der Waals surface area contributed by atoms with Crippen molar-refractivity contribution in [2.45, 2.75) is 37.8 Å². The number of hydrogen-bond acceptors (Lipinski definition) is 6. The van der Waals surface area contributed by atoms with Gasteiger partial charge in [-0.15, -0.1) is 0 Å². The van der Waals surface area contributed by atoms with Gasteiger partial charge in [-0.3, -0.25) is 0 Å². The Balaban J connectivity index is 1.93. The minimum Gasteiger partial charge on any atom is -0.391 e. The monoisotopic (exact) mass is 282 g/mol. The summed E-state index contributed by atoms with van der Waals surface area (Å²) in [5, 5.41) is 25.9. The van der Waals surface area contributed by atoms with Crippen LogP contribution in [-0.2, 0) is 0 Å². The molecule has 0 aromatic carbocycles. The van der Waals surface area contributed by atoms with Crippen LogP contribution in [0.15, 0.2) is 11.6 Å². The zero-order valence-electron chi connectivity index (χ0n) is 10.2. The molecule has 7 nitrogen and oxygen atoms in total. The van der Waals surface area contributed by atoms with Gasteiger partial charge >= 0.3 is 5.82 Å². The number of imidazole rings is 1. The summed E-state index contributed by atoms with van der Waals surface area (Å²) in [6.45, 7) is 0. The van der Waals surface area contributed by atoms with Crippen LogP contribution in [0, 0.1) is 10.1 Å². The number of nitrogens with zero attached hydrogens (tertiary/aromatic N) is 3. The molecule has 1 fully saturated rings. The van der Waals surface area contributed by atoms with Gasteiger partial charge in [0.1, 0.15) is 6.20 Å². The summed E-state index contributed by atoms with van der Waals surface area (Å²) < 4.78 is 1.46. The van der Waals surface area contributed by atoms with Crippen molar-refractivity contribution in [1.82, 2.24) is 9.38 Å². The normalized spacial score (nSPS) is 23.6. The van der Waals surface area contributed by atoms with E-state index in [0.717, 1.165) is 25.7 Å². The van der Waals surface area contributed by atoms with Crippen LogP contribution < -0.4 is 5.32 Å². The lowest BCUT2D eigenvalue weighted by atomic mass is 9.93. The largest absolute Gasteiger partial charge is 0.391 e. The summed E-state index contributed by atoms with van der Waals surface area (Å²) in [7, 11) is 0. The lowest BCUT2D eigenvalue weighted by Gasteiger charge is -2.27. The van der Waals surface area contributed by atoms with Crippen molar-refractivity contribution < 1.29 is 10.0 Å². The van der Waals surface area contributed by atoms with Crippen LogP contribution in [0.25, 0.3) is 4.96 Å². The molecule has 0 aliphatic heterocycles. The molecule has 0 radical (unpaired) electrons. The highest BCUT2D eigenvalue weighted by atomic mass is 32.1. The maximum absolute atomic E-state index is 11.2. The van der Waals surface area contributed by atoms with Gasteiger partial charge in [-0.2, -0.15) is 9.38 Å². The molecule has 2 heterocycles. The third-order valence-electron chi connectivity index (χ3n) is 3.46. The van der Waals surface area contributed by atoms with Crippen LogP contribution in [0.5, 0.6) is 0 Å². The Kier molecular flexibility index (Phi) is 3.11. The first-order valence-electron chi connectivity index (χ1n) is 6.21. The molecule has 2 N–H and O–H groups in total. The Hall–Kier alpha value is -1.67. The van der Waals surface area contributed by atoms with Crippen molar-refractivity contribution in [2.24, 2.45) is 0 Å². The summed E-state index contributed by atoms with van der Waals surface area (Å²) in [6.07, 6.45) is 4.73. The Morgan fingerprint density at radius 1 is 1.53 bits per heavy atom. The van der Waals surface area contributed by atoms with Crippen molar-refractivity contribution in [3.63, 3.8) is 0 Å². The molecular weight excluding hydrogens is 268 g/mol. The highest BCUT2D eigenvalue weighted by Gasteiger charge is 2.29. The number of nitrogens with one attached hydrogen (secondary N) is 1. The van der Waals surface area contributed by atoms with E-state index in [2.05, 4.69) is 10.3 Å². The zero-order chi connectivity index (χ0) is 13.4. The molecule has 2 atom stereocenters. The standard InChI is InChI=1S/C11H14N4O3S/c16-8-4-2-1-3-7(8)12-9-10(15(17)18)14-5-6-19-11(14)13-9/h5-8,12,16H,1-4H2/t7-,8-/m1/s1. The maximum atomic E-state index is 11.2. The molecule has 0 saturated heterocycles. The highest BCUT2D eigenvalue weighted by molar-refractivity contribution is 7.15. The van der Waals surface area contributed by atoms with Gasteiger partial charge in [0.05, 0.1) is 12.1 Å². The smallest absolute Gasteiger partial charge is 0.372 e. The fourth-order valence-electron chi connectivity index (χ4n) is 2.50. The molecule has 1 aliphatic carbocycles. The van der Waals surface area contributed by atoms with Gasteiger partial charge < -0.3 is 20.5 Å². The number of anilines is 1. The van der Waals surface area contributed by atoms with Gasteiger partial charge in [-0.25, -0.2) is 0 Å². The minimum absolute atomic E-state index is 0.0611. The number of hydrogen-bond donors (Lipinski definition) is 2. The summed E-state index contributed by atoms with van der Waals surface area (Å²) in [5.41, 5.74) is 0. The molecule has 0 unspecified atom stereocenters. The first-order chi connectivity index (χ1) is 9.16. The first-order valence-corrected chi connectivity index (χ1v) is 7.09. The summed E-state index contributed by atoms with van der Waals surface area (Å²) in [6, 6.07) is -0.156. The molecule has 1 saturated carbocycles. The fraction of sp³-hybridized carbons (Fsp3) is 0.545. The van der Waals surface area contributed by atoms with Gasteiger partial charge in [0.25, 0.3) is 4.96 Å². The van der Waals surface area contributed by atoms with E-state index in [1.807, 2.05) is 0 Å². The number of rotatable bonds is 3. The molecule has 2 aromatic heterocycles. The summed E-state index contributed by atoms with van der Waals surface area (Å²) >= 11 is 1.35. The molecule has 0 amide bonds. The zero-order valence-corrected chi connectivity index (χ0v) is 11.0. The predicted octanol–water partition coefficient (Wildman–Crippen LogP) is 2.02. The summed E-state index contributed by atoms with van der Waals surface area (Å²) in [5.74, 6) is 0.192. The predicted molar refractivity (Wildman–Crippen MR) is 71.6 cm³/mol. The van der Waals surface area contributed by atoms with Gasteiger partial charge in [0.15, 0.2) is 0 Å². The van der Waals surface area contributed by atoms with E-state index in [0.29, 0.717) is 4.96 Å². The molecule has 1 aliphatic rings. The van der Waals surface area contributed by atoms with E-state index < -0.39 is 11.0 Å².